The number of nitrogens with two attached hydrogens (primary N) is 1. The number of hydrogen-bond acceptors (Lipinski definition) is 7. The van der Waals surface area contributed by atoms with Crippen molar-refractivity contribution in [2.24, 2.45) is 0 Å². The van der Waals surface area contributed by atoms with Crippen molar-refractivity contribution in [1.82, 2.24) is 24.6 Å². The second-order valence-electron chi connectivity index (χ2n) is 3.29. The van der Waals surface area contributed by atoms with E-state index in [0.29, 0.717) is 28.8 Å². The van der Waals surface area contributed by atoms with Gasteiger partial charge in [-0.25, -0.2) is 0 Å². The number of nitrogens with zero attached hydrogens (tertiary/aromatic N) is 5. The lowest BCUT2D eigenvalue weighted by Crippen LogP contribution is -2.18. The van der Waals surface area contributed by atoms with Crippen LogP contribution in [0.25, 0.3) is 0 Å². The van der Waals surface area contributed by atoms with E-state index < -0.39 is 0 Å². The van der Waals surface area contributed by atoms with Crippen LogP contribution in [0.4, 0.5) is 10.8 Å². The molecule has 1 amide bonds. The van der Waals surface area contributed by atoms with Gasteiger partial charge in [0.2, 0.25) is 5.13 Å². The minimum absolute atomic E-state index is 0.330. The number of nitrogens with one attached hydrogen (secondary N) is 1. The zero-order valence-corrected chi connectivity index (χ0v) is 10.2. The molecule has 0 atom stereocenters. The predicted molar refractivity (Wildman–Crippen MR) is 62.7 cm³/mol. The molecular weight excluding hydrogens is 242 g/mol. The lowest BCUT2D eigenvalue weighted by Gasteiger charge is -2.04. The number of rotatable bonds is 3. The van der Waals surface area contributed by atoms with E-state index in [4.69, 9.17) is 5.73 Å². The Morgan fingerprint density at radius 2 is 2.35 bits per heavy atom. The van der Waals surface area contributed by atoms with Crippen LogP contribution in [0.3, 0.4) is 0 Å². The highest BCUT2D eigenvalue weighted by molar-refractivity contribution is 7.09. The highest BCUT2D eigenvalue weighted by Crippen LogP contribution is 2.18. The molecule has 0 aromatic carbocycles. The number of carbonyl (C=O) groups excluding carboxylic acids is 1. The molecule has 2 rings (SSSR count). The summed E-state index contributed by atoms with van der Waals surface area (Å²) < 4.78 is 5.10. The van der Waals surface area contributed by atoms with Crippen molar-refractivity contribution in [3.63, 3.8) is 0 Å². The first-order chi connectivity index (χ1) is 8.13. The summed E-state index contributed by atoms with van der Waals surface area (Å²) >= 11 is 0.997. The van der Waals surface area contributed by atoms with Crippen molar-refractivity contribution in [2.75, 3.05) is 11.1 Å². The van der Waals surface area contributed by atoms with Crippen molar-refractivity contribution in [3.05, 3.63) is 11.4 Å². The first-order valence-corrected chi connectivity index (χ1v) is 5.70. The Morgan fingerprint density at radius 3 is 2.94 bits per heavy atom. The van der Waals surface area contributed by atoms with Gasteiger partial charge in [-0.3, -0.25) is 14.8 Å². The predicted octanol–water partition coefficient (Wildman–Crippen LogP) is 0.292. The molecule has 9 heteroatoms. The summed E-state index contributed by atoms with van der Waals surface area (Å²) in [5, 5.41) is 14.1. The molecule has 0 aliphatic rings. The molecule has 17 heavy (non-hydrogen) atoms. The SMILES string of the molecule is CCn1nc(C)c(N)c1C(=O)Nc1nnns1. The molecule has 2 aromatic heterocycles. The van der Waals surface area contributed by atoms with E-state index >= 15 is 0 Å². The van der Waals surface area contributed by atoms with Crippen LogP contribution in [0.1, 0.15) is 23.1 Å². The number of aryl methyl sites for hydroxylation is 2. The lowest BCUT2D eigenvalue weighted by molar-refractivity contribution is 0.101. The third-order valence-corrected chi connectivity index (χ3v) is 2.72. The lowest BCUT2D eigenvalue weighted by atomic mass is 10.3. The molecule has 0 saturated carbocycles. The van der Waals surface area contributed by atoms with Gasteiger partial charge in [-0.2, -0.15) is 5.10 Å². The van der Waals surface area contributed by atoms with E-state index in [1.54, 1.807) is 11.6 Å². The Balaban J connectivity index is 2.30. The van der Waals surface area contributed by atoms with Crippen LogP contribution in [-0.2, 0) is 6.54 Å². The summed E-state index contributed by atoms with van der Waals surface area (Å²) in [6, 6.07) is 0. The van der Waals surface area contributed by atoms with Crippen molar-refractivity contribution in [2.45, 2.75) is 20.4 Å². The fourth-order valence-electron chi connectivity index (χ4n) is 1.40. The smallest absolute Gasteiger partial charge is 0.277 e. The van der Waals surface area contributed by atoms with Gasteiger partial charge in [0.1, 0.15) is 5.69 Å². The molecule has 0 spiro atoms. The highest BCUT2D eigenvalue weighted by atomic mass is 32.1. The van der Waals surface area contributed by atoms with Crippen molar-refractivity contribution >= 4 is 28.3 Å². The standard InChI is InChI=1S/C8H11N7OS/c1-3-15-6(5(9)4(2)12-15)7(16)10-8-11-13-14-17-8/h3,9H2,1-2H3,(H,10,11,14,16). The average molecular weight is 253 g/mol. The summed E-state index contributed by atoms with van der Waals surface area (Å²) in [5.74, 6) is -0.358. The van der Waals surface area contributed by atoms with Gasteiger partial charge in [0.15, 0.2) is 0 Å². The third-order valence-electron chi connectivity index (χ3n) is 2.21. The molecule has 0 fully saturated rings. The number of hydrogen-bond donors (Lipinski definition) is 2. The first-order valence-electron chi connectivity index (χ1n) is 4.92. The van der Waals surface area contributed by atoms with Gasteiger partial charge in [-0.1, -0.05) is 9.59 Å². The van der Waals surface area contributed by atoms with E-state index in [0.717, 1.165) is 11.5 Å². The topological polar surface area (TPSA) is 112 Å². The van der Waals surface area contributed by atoms with Crippen LogP contribution in [0.5, 0.6) is 0 Å². The summed E-state index contributed by atoms with van der Waals surface area (Å²) in [7, 11) is 0. The summed E-state index contributed by atoms with van der Waals surface area (Å²) in [6.45, 7) is 4.20. The number of aromatic nitrogens is 5. The molecule has 0 aliphatic carbocycles. The minimum atomic E-state index is -0.358. The van der Waals surface area contributed by atoms with Gasteiger partial charge in [0, 0.05) is 18.1 Å². The molecule has 0 aliphatic heterocycles. The molecule has 90 valence electrons. The molecule has 8 nitrogen and oxygen atoms in total. The fraction of sp³-hybridized carbons (Fsp3) is 0.375. The molecule has 0 saturated heterocycles. The normalized spacial score (nSPS) is 10.5. The van der Waals surface area contributed by atoms with Crippen LogP contribution in [0.2, 0.25) is 0 Å². The van der Waals surface area contributed by atoms with Crippen LogP contribution < -0.4 is 11.1 Å². The van der Waals surface area contributed by atoms with Crippen LogP contribution in [-0.4, -0.2) is 30.5 Å². The highest BCUT2D eigenvalue weighted by Gasteiger charge is 2.19. The minimum Gasteiger partial charge on any atom is -0.395 e. The number of anilines is 2. The van der Waals surface area contributed by atoms with Gasteiger partial charge in [0.25, 0.3) is 5.91 Å². The quantitative estimate of drug-likeness (QED) is 0.813. The van der Waals surface area contributed by atoms with Gasteiger partial charge in [0.05, 0.1) is 11.4 Å². The second kappa shape index (κ2) is 4.45. The van der Waals surface area contributed by atoms with Crippen molar-refractivity contribution in [1.29, 1.82) is 0 Å². The van der Waals surface area contributed by atoms with Gasteiger partial charge in [-0.15, -0.1) is 0 Å². The van der Waals surface area contributed by atoms with Crippen LogP contribution in [0.15, 0.2) is 0 Å². The van der Waals surface area contributed by atoms with Gasteiger partial charge < -0.3 is 5.73 Å². The molecule has 0 radical (unpaired) electrons. The Labute approximate surface area is 101 Å². The molecular formula is C8H11N7OS. The summed E-state index contributed by atoms with van der Waals surface area (Å²) in [6.07, 6.45) is 0. The zero-order chi connectivity index (χ0) is 12.4. The first kappa shape index (κ1) is 11.5. The Morgan fingerprint density at radius 1 is 1.59 bits per heavy atom. The van der Waals surface area contributed by atoms with Gasteiger partial charge in [-0.05, 0) is 19.1 Å². The number of carbonyl (C=O) groups is 1. The molecule has 0 unspecified atom stereocenters. The fourth-order valence-corrected chi connectivity index (χ4v) is 1.76. The number of amides is 1. The van der Waals surface area contributed by atoms with Crippen LogP contribution in [0, 0.1) is 6.92 Å². The Kier molecular flexibility index (Phi) is 3.00. The van der Waals surface area contributed by atoms with Crippen LogP contribution >= 0.6 is 11.5 Å². The average Bonchev–Trinajstić information content (AvgIpc) is 2.88. The Bertz CT molecular complexity index is 532. The molecule has 2 heterocycles. The van der Waals surface area contributed by atoms with E-state index in [-0.39, 0.29) is 5.91 Å². The second-order valence-corrected chi connectivity index (χ2v) is 4.02. The Hall–Kier alpha value is -2.03. The summed E-state index contributed by atoms with van der Waals surface area (Å²) in [5.41, 5.74) is 7.16. The monoisotopic (exact) mass is 253 g/mol. The maximum atomic E-state index is 12.0. The van der Waals surface area contributed by atoms with Gasteiger partial charge >= 0.3 is 0 Å². The van der Waals surface area contributed by atoms with E-state index in [1.165, 1.54) is 0 Å². The molecule has 2 aromatic rings. The van der Waals surface area contributed by atoms with E-state index in [9.17, 15) is 4.79 Å². The van der Waals surface area contributed by atoms with E-state index in [2.05, 4.69) is 25.2 Å². The van der Waals surface area contributed by atoms with Crippen molar-refractivity contribution < 1.29 is 4.79 Å². The third kappa shape index (κ3) is 2.09. The van der Waals surface area contributed by atoms with Crippen molar-refractivity contribution in [3.8, 4) is 0 Å². The largest absolute Gasteiger partial charge is 0.395 e. The number of nitrogen functional groups attached to an aromatic ring is 1. The van der Waals surface area contributed by atoms with E-state index in [1.807, 2.05) is 6.92 Å². The molecule has 0 bridgehead atoms. The zero-order valence-electron chi connectivity index (χ0n) is 9.34. The maximum Gasteiger partial charge on any atom is 0.277 e. The molecule has 3 N–H and O–H groups in total. The maximum absolute atomic E-state index is 12.0. The summed E-state index contributed by atoms with van der Waals surface area (Å²) in [4.78, 5) is 12.0.